The molecular weight excluding hydrogens is 329 g/mol. The maximum atomic E-state index is 12.0. The molecule has 0 aliphatic rings. The molecule has 0 spiro atoms. The van der Waals surface area contributed by atoms with E-state index in [1.165, 1.54) is 17.7 Å². The van der Waals surface area contributed by atoms with Gasteiger partial charge < -0.3 is 15.2 Å². The van der Waals surface area contributed by atoms with Crippen LogP contribution in [0.15, 0.2) is 48.5 Å². The normalized spacial score (nSPS) is 10.0. The first-order chi connectivity index (χ1) is 11.5. The number of ether oxygens (including phenoxy) is 1. The van der Waals surface area contributed by atoms with Crippen LogP contribution in [0.4, 0.5) is 0 Å². The molecule has 0 unspecified atom stereocenters. The van der Waals surface area contributed by atoms with E-state index in [2.05, 4.69) is 19.2 Å². The van der Waals surface area contributed by atoms with E-state index in [9.17, 15) is 9.59 Å². The van der Waals surface area contributed by atoms with Crippen LogP contribution in [-0.2, 0) is 0 Å². The van der Waals surface area contributed by atoms with Gasteiger partial charge in [-0.05, 0) is 47.9 Å². The van der Waals surface area contributed by atoms with E-state index in [1.54, 1.807) is 12.1 Å². The van der Waals surface area contributed by atoms with Gasteiger partial charge in [-0.2, -0.15) is 0 Å². The van der Waals surface area contributed by atoms with Crippen molar-refractivity contribution in [2.24, 2.45) is 0 Å². The average Bonchev–Trinajstić information content (AvgIpc) is 2.59. The number of nitrogens with one attached hydrogen (secondary N) is 1. The number of amides is 1. The topological polar surface area (TPSA) is 75.6 Å². The van der Waals surface area contributed by atoms with Crippen molar-refractivity contribution in [2.45, 2.75) is 19.8 Å². The number of carboxylic acids is 1. The number of rotatable bonds is 7. The van der Waals surface area contributed by atoms with Crippen LogP contribution in [0, 0.1) is 0 Å². The van der Waals surface area contributed by atoms with Crippen molar-refractivity contribution < 1.29 is 19.4 Å². The summed E-state index contributed by atoms with van der Waals surface area (Å²) in [6, 6.07) is 13.7. The second kappa shape index (κ2) is 10.2. The fourth-order valence-electron chi connectivity index (χ4n) is 2.15. The minimum atomic E-state index is -0.975. The van der Waals surface area contributed by atoms with Crippen LogP contribution in [0.1, 0.15) is 46.0 Å². The summed E-state index contributed by atoms with van der Waals surface area (Å²) in [5.41, 5.74) is 2.02. The van der Waals surface area contributed by atoms with Gasteiger partial charge in [-0.15, -0.1) is 0 Å². The van der Waals surface area contributed by atoms with Crippen molar-refractivity contribution >= 4 is 41.4 Å². The Balaban J connectivity index is 0.00000312. The number of carbonyl (C=O) groups excluding carboxylic acids is 1. The Morgan fingerprint density at radius 2 is 1.56 bits per heavy atom. The molecule has 0 radical (unpaired) electrons. The average molecular weight is 351 g/mol. The van der Waals surface area contributed by atoms with Gasteiger partial charge in [0, 0.05) is 5.56 Å². The number of hydrogen-bond acceptors (Lipinski definition) is 3. The van der Waals surface area contributed by atoms with Gasteiger partial charge in [0.15, 0.2) is 0 Å². The molecule has 128 valence electrons. The summed E-state index contributed by atoms with van der Waals surface area (Å²) in [7, 11) is 0. The second-order valence-corrected chi connectivity index (χ2v) is 5.71. The Morgan fingerprint density at radius 1 is 1.00 bits per heavy atom. The predicted octanol–water partition coefficient (Wildman–Crippen LogP) is 2.67. The molecule has 5 nitrogen and oxygen atoms in total. The molecule has 0 aliphatic carbocycles. The number of aromatic carboxylic acids is 1. The van der Waals surface area contributed by atoms with Crippen molar-refractivity contribution in [3.05, 3.63) is 65.2 Å². The fraction of sp³-hybridized carbons (Fsp3) is 0.263. The van der Waals surface area contributed by atoms with E-state index < -0.39 is 5.97 Å². The van der Waals surface area contributed by atoms with Gasteiger partial charge in [0.25, 0.3) is 5.91 Å². The van der Waals surface area contributed by atoms with Gasteiger partial charge in [0.1, 0.15) is 12.4 Å². The van der Waals surface area contributed by atoms with Crippen molar-refractivity contribution in [3.8, 4) is 5.75 Å². The van der Waals surface area contributed by atoms with Crippen LogP contribution in [0.25, 0.3) is 0 Å². The zero-order chi connectivity index (χ0) is 17.5. The van der Waals surface area contributed by atoms with E-state index in [-0.39, 0.29) is 41.0 Å². The molecule has 6 heteroatoms. The first-order valence-corrected chi connectivity index (χ1v) is 7.81. The van der Waals surface area contributed by atoms with Crippen LogP contribution in [0.5, 0.6) is 5.75 Å². The third-order valence-corrected chi connectivity index (χ3v) is 3.60. The third kappa shape index (κ3) is 6.53. The number of carboxylic acid groups (broad SMARTS) is 1. The van der Waals surface area contributed by atoms with E-state index in [4.69, 9.17) is 9.84 Å². The van der Waals surface area contributed by atoms with Gasteiger partial charge in [0.05, 0.1) is 12.1 Å². The van der Waals surface area contributed by atoms with Gasteiger partial charge in [-0.1, -0.05) is 26.0 Å². The standard InChI is InChI=1S/C19H21NO4.Na.H/c1-13(2)14-3-5-15(6-4-14)18(21)20-11-12-24-17-9-7-16(8-10-17)19(22)23;;/h3-10,13H,11-12H2,1-2H3,(H,20,21)(H,22,23);;. The maximum absolute atomic E-state index is 12.0. The molecule has 0 atom stereocenters. The Hall–Kier alpha value is -1.82. The Labute approximate surface area is 169 Å². The molecule has 0 bridgehead atoms. The molecule has 0 heterocycles. The first-order valence-electron chi connectivity index (χ1n) is 7.81. The van der Waals surface area contributed by atoms with Gasteiger partial charge >= 0.3 is 35.5 Å². The van der Waals surface area contributed by atoms with Gasteiger partial charge in [0.2, 0.25) is 0 Å². The van der Waals surface area contributed by atoms with E-state index >= 15 is 0 Å². The van der Waals surface area contributed by atoms with Crippen LogP contribution in [0.3, 0.4) is 0 Å². The summed E-state index contributed by atoms with van der Waals surface area (Å²) >= 11 is 0. The van der Waals surface area contributed by atoms with Crippen LogP contribution >= 0.6 is 0 Å². The van der Waals surface area contributed by atoms with E-state index in [0.29, 0.717) is 30.4 Å². The fourth-order valence-corrected chi connectivity index (χ4v) is 2.15. The molecule has 0 fully saturated rings. The molecule has 0 saturated heterocycles. The Morgan fingerprint density at radius 3 is 2.08 bits per heavy atom. The molecule has 2 aromatic rings. The molecule has 0 saturated carbocycles. The molecule has 0 aliphatic heterocycles. The molecule has 25 heavy (non-hydrogen) atoms. The van der Waals surface area contributed by atoms with Crippen molar-refractivity contribution in [2.75, 3.05) is 13.2 Å². The summed E-state index contributed by atoms with van der Waals surface area (Å²) < 4.78 is 5.47. The molecule has 0 aromatic heterocycles. The van der Waals surface area contributed by atoms with Crippen LogP contribution in [0.2, 0.25) is 0 Å². The SMILES string of the molecule is CC(C)c1ccc(C(=O)NCCOc2ccc(C(=O)O)cc2)cc1.[NaH]. The first kappa shape index (κ1) is 21.2. The predicted molar refractivity (Wildman–Crippen MR) is 98.9 cm³/mol. The Bertz CT molecular complexity index is 696. The Kier molecular flexibility index (Phi) is 8.69. The number of hydrogen-bond donors (Lipinski definition) is 2. The summed E-state index contributed by atoms with van der Waals surface area (Å²) in [5.74, 6) is -0.119. The van der Waals surface area contributed by atoms with Crippen LogP contribution < -0.4 is 10.1 Å². The summed E-state index contributed by atoms with van der Waals surface area (Å²) in [6.07, 6.45) is 0. The summed E-state index contributed by atoms with van der Waals surface area (Å²) in [6.45, 7) is 4.89. The second-order valence-electron chi connectivity index (χ2n) is 5.71. The number of benzene rings is 2. The molecule has 2 aromatic carbocycles. The van der Waals surface area contributed by atoms with Crippen molar-refractivity contribution in [1.29, 1.82) is 0 Å². The van der Waals surface area contributed by atoms with Gasteiger partial charge in [-0.3, -0.25) is 4.79 Å². The zero-order valence-electron chi connectivity index (χ0n) is 13.8. The zero-order valence-corrected chi connectivity index (χ0v) is 13.8. The molecule has 2 N–H and O–H groups in total. The van der Waals surface area contributed by atoms with Gasteiger partial charge in [-0.25, -0.2) is 4.79 Å². The van der Waals surface area contributed by atoms with Crippen molar-refractivity contribution in [3.63, 3.8) is 0 Å². The molecule has 1 amide bonds. The van der Waals surface area contributed by atoms with E-state index in [1.807, 2.05) is 24.3 Å². The molecule has 2 rings (SSSR count). The quantitative estimate of drug-likeness (QED) is 0.594. The number of carbonyl (C=O) groups is 2. The monoisotopic (exact) mass is 351 g/mol. The third-order valence-electron chi connectivity index (χ3n) is 3.60. The van der Waals surface area contributed by atoms with Crippen molar-refractivity contribution in [1.82, 2.24) is 5.32 Å². The van der Waals surface area contributed by atoms with E-state index in [0.717, 1.165) is 0 Å². The minimum absolute atomic E-state index is 0. The van der Waals surface area contributed by atoms with Crippen LogP contribution in [-0.4, -0.2) is 59.7 Å². The summed E-state index contributed by atoms with van der Waals surface area (Å²) in [4.78, 5) is 22.8. The summed E-state index contributed by atoms with van der Waals surface area (Å²) in [5, 5.41) is 11.6. The molecular formula is C19H22NNaO4.